The van der Waals surface area contributed by atoms with Gasteiger partial charge in [-0.2, -0.15) is 5.10 Å². The Bertz CT molecular complexity index is 579. The zero-order valence-corrected chi connectivity index (χ0v) is 9.76. The molecule has 1 aliphatic heterocycles. The topological polar surface area (TPSA) is 66.8 Å². The fourth-order valence-electron chi connectivity index (χ4n) is 2.38. The number of H-pyrrole nitrogens is 1. The number of hydrogen-bond acceptors (Lipinski definition) is 4. The molecule has 6 nitrogen and oxygen atoms in total. The van der Waals surface area contributed by atoms with Gasteiger partial charge in [-0.05, 0) is 33.0 Å². The molecule has 2 aromatic heterocycles. The zero-order valence-electron chi connectivity index (χ0n) is 9.76. The number of hydrogen-bond donors (Lipinski definition) is 1. The van der Waals surface area contributed by atoms with E-state index < -0.39 is 0 Å². The molecule has 1 N–H and O–H groups in total. The van der Waals surface area contributed by atoms with E-state index >= 15 is 0 Å². The van der Waals surface area contributed by atoms with Crippen LogP contribution < -0.4 is 5.56 Å². The van der Waals surface area contributed by atoms with Crippen molar-refractivity contribution in [2.75, 3.05) is 20.1 Å². The van der Waals surface area contributed by atoms with Crippen molar-refractivity contribution in [1.82, 2.24) is 24.6 Å². The van der Waals surface area contributed by atoms with Crippen LogP contribution in [-0.2, 0) is 0 Å². The maximum atomic E-state index is 11.6. The second kappa shape index (κ2) is 3.96. The summed E-state index contributed by atoms with van der Waals surface area (Å²) in [6.07, 6.45) is 5.17. The summed E-state index contributed by atoms with van der Waals surface area (Å²) in [6, 6.07) is 0.359. The van der Waals surface area contributed by atoms with Crippen LogP contribution >= 0.6 is 0 Å². The van der Waals surface area contributed by atoms with Crippen molar-refractivity contribution in [3.05, 3.63) is 22.9 Å². The second-order valence-electron chi connectivity index (χ2n) is 4.59. The van der Waals surface area contributed by atoms with E-state index in [-0.39, 0.29) is 5.56 Å². The summed E-state index contributed by atoms with van der Waals surface area (Å²) in [5, 5.41) is 4.90. The highest BCUT2D eigenvalue weighted by Gasteiger charge is 2.21. The molecule has 1 saturated heterocycles. The molecule has 0 amide bonds. The Morgan fingerprint density at radius 3 is 2.94 bits per heavy atom. The number of likely N-dealkylation sites (tertiary alicyclic amines) is 1. The Morgan fingerprint density at radius 2 is 2.18 bits per heavy atom. The number of aromatic nitrogens is 4. The lowest BCUT2D eigenvalue weighted by Crippen LogP contribution is -2.32. The predicted octanol–water partition coefficient (Wildman–Crippen LogP) is 0.386. The Morgan fingerprint density at radius 1 is 1.41 bits per heavy atom. The van der Waals surface area contributed by atoms with Crippen molar-refractivity contribution in [3.8, 4) is 0 Å². The van der Waals surface area contributed by atoms with Gasteiger partial charge in [0.2, 0.25) is 0 Å². The highest BCUT2D eigenvalue weighted by atomic mass is 16.1. The van der Waals surface area contributed by atoms with E-state index in [0.29, 0.717) is 17.1 Å². The lowest BCUT2D eigenvalue weighted by Gasteiger charge is -2.29. The molecular weight excluding hydrogens is 218 g/mol. The average Bonchev–Trinajstić information content (AvgIpc) is 2.75. The summed E-state index contributed by atoms with van der Waals surface area (Å²) in [7, 11) is 2.13. The van der Waals surface area contributed by atoms with Gasteiger partial charge in [-0.15, -0.1) is 0 Å². The first kappa shape index (κ1) is 10.5. The Balaban J connectivity index is 2.01. The molecule has 0 atom stereocenters. The maximum Gasteiger partial charge on any atom is 0.261 e. The maximum absolute atomic E-state index is 11.6. The van der Waals surface area contributed by atoms with E-state index in [1.54, 1.807) is 6.20 Å². The van der Waals surface area contributed by atoms with Gasteiger partial charge in [0.25, 0.3) is 5.56 Å². The van der Waals surface area contributed by atoms with Crippen LogP contribution in [0, 0.1) is 0 Å². The summed E-state index contributed by atoms with van der Waals surface area (Å²) < 4.78 is 1.90. The van der Waals surface area contributed by atoms with Gasteiger partial charge in [0.15, 0.2) is 5.65 Å². The SMILES string of the molecule is CN1CCC(n2ncc3c(=O)[nH]cnc32)CC1. The lowest BCUT2D eigenvalue weighted by atomic mass is 10.1. The molecule has 17 heavy (non-hydrogen) atoms. The van der Waals surface area contributed by atoms with E-state index in [9.17, 15) is 4.79 Å². The molecule has 6 heteroatoms. The first-order valence-corrected chi connectivity index (χ1v) is 5.85. The highest BCUT2D eigenvalue weighted by Crippen LogP contribution is 2.23. The fourth-order valence-corrected chi connectivity index (χ4v) is 2.38. The molecule has 0 unspecified atom stereocenters. The monoisotopic (exact) mass is 233 g/mol. The molecule has 90 valence electrons. The first-order valence-electron chi connectivity index (χ1n) is 5.85. The minimum absolute atomic E-state index is 0.117. The minimum atomic E-state index is -0.117. The quantitative estimate of drug-likeness (QED) is 0.773. The van der Waals surface area contributed by atoms with Crippen molar-refractivity contribution in [3.63, 3.8) is 0 Å². The van der Waals surface area contributed by atoms with Gasteiger partial charge in [0, 0.05) is 0 Å². The summed E-state index contributed by atoms with van der Waals surface area (Å²) in [6.45, 7) is 2.13. The molecule has 0 aromatic carbocycles. The molecule has 0 spiro atoms. The summed E-state index contributed by atoms with van der Waals surface area (Å²) in [5.41, 5.74) is 0.581. The fraction of sp³-hybridized carbons (Fsp3) is 0.545. The molecule has 3 heterocycles. The van der Waals surface area contributed by atoms with E-state index in [0.717, 1.165) is 25.9 Å². The van der Waals surface area contributed by atoms with Gasteiger partial charge >= 0.3 is 0 Å². The minimum Gasteiger partial charge on any atom is -0.312 e. The average molecular weight is 233 g/mol. The molecular formula is C11H15N5O. The van der Waals surface area contributed by atoms with Crippen LogP contribution in [0.15, 0.2) is 17.3 Å². The molecule has 0 radical (unpaired) electrons. The standard InChI is InChI=1S/C11H15N5O/c1-15-4-2-8(3-5-15)16-10-9(6-14-16)11(17)13-7-12-10/h6-8H,2-5H2,1H3,(H,12,13,17). The number of piperidine rings is 1. The van der Waals surface area contributed by atoms with Crippen molar-refractivity contribution in [2.24, 2.45) is 0 Å². The van der Waals surface area contributed by atoms with Gasteiger partial charge in [-0.25, -0.2) is 9.67 Å². The third-order valence-electron chi connectivity index (χ3n) is 3.43. The van der Waals surface area contributed by atoms with Gasteiger partial charge in [-0.3, -0.25) is 4.79 Å². The van der Waals surface area contributed by atoms with Crippen molar-refractivity contribution in [2.45, 2.75) is 18.9 Å². The third kappa shape index (κ3) is 1.74. The number of nitrogens with one attached hydrogen (secondary N) is 1. The smallest absolute Gasteiger partial charge is 0.261 e. The Kier molecular flexibility index (Phi) is 2.44. The number of fused-ring (bicyclic) bond motifs is 1. The van der Waals surface area contributed by atoms with Crippen LogP contribution in [0.25, 0.3) is 11.0 Å². The third-order valence-corrected chi connectivity index (χ3v) is 3.43. The molecule has 1 fully saturated rings. The summed E-state index contributed by atoms with van der Waals surface area (Å²) >= 11 is 0. The van der Waals surface area contributed by atoms with Gasteiger partial charge in [0.1, 0.15) is 5.39 Å². The number of aromatic amines is 1. The first-order chi connectivity index (χ1) is 8.25. The van der Waals surface area contributed by atoms with E-state index in [1.807, 2.05) is 4.68 Å². The van der Waals surface area contributed by atoms with E-state index in [4.69, 9.17) is 0 Å². The number of rotatable bonds is 1. The van der Waals surface area contributed by atoms with Crippen LogP contribution in [0.5, 0.6) is 0 Å². The zero-order chi connectivity index (χ0) is 11.8. The largest absolute Gasteiger partial charge is 0.312 e. The molecule has 0 bridgehead atoms. The predicted molar refractivity (Wildman–Crippen MR) is 63.9 cm³/mol. The lowest BCUT2D eigenvalue weighted by molar-refractivity contribution is 0.215. The van der Waals surface area contributed by atoms with Crippen LogP contribution in [0.4, 0.5) is 0 Å². The molecule has 1 aliphatic rings. The van der Waals surface area contributed by atoms with E-state index in [2.05, 4.69) is 27.0 Å². The van der Waals surface area contributed by atoms with Crippen LogP contribution in [0.1, 0.15) is 18.9 Å². The van der Waals surface area contributed by atoms with Crippen molar-refractivity contribution < 1.29 is 0 Å². The Hall–Kier alpha value is -1.69. The second-order valence-corrected chi connectivity index (χ2v) is 4.59. The summed E-state index contributed by atoms with van der Waals surface area (Å²) in [5.74, 6) is 0. The van der Waals surface area contributed by atoms with Gasteiger partial charge < -0.3 is 9.88 Å². The van der Waals surface area contributed by atoms with Crippen molar-refractivity contribution in [1.29, 1.82) is 0 Å². The molecule has 2 aromatic rings. The highest BCUT2D eigenvalue weighted by molar-refractivity contribution is 5.72. The molecule has 3 rings (SSSR count). The Labute approximate surface area is 98.3 Å². The van der Waals surface area contributed by atoms with E-state index in [1.165, 1.54) is 6.33 Å². The summed E-state index contributed by atoms with van der Waals surface area (Å²) in [4.78, 5) is 20.7. The van der Waals surface area contributed by atoms with Crippen LogP contribution in [-0.4, -0.2) is 44.8 Å². The normalized spacial score (nSPS) is 18.9. The van der Waals surface area contributed by atoms with Crippen molar-refractivity contribution >= 4 is 11.0 Å². The van der Waals surface area contributed by atoms with Gasteiger partial charge in [-0.1, -0.05) is 0 Å². The molecule has 0 saturated carbocycles. The molecule has 0 aliphatic carbocycles. The number of nitrogens with zero attached hydrogens (tertiary/aromatic N) is 4. The van der Waals surface area contributed by atoms with Crippen LogP contribution in [0.2, 0.25) is 0 Å². The van der Waals surface area contributed by atoms with Gasteiger partial charge in [0.05, 0.1) is 18.6 Å². The van der Waals surface area contributed by atoms with Crippen LogP contribution in [0.3, 0.4) is 0 Å².